The third-order valence-corrected chi connectivity index (χ3v) is 4.27. The van der Waals surface area contributed by atoms with E-state index in [0.29, 0.717) is 21.3 Å². The molecule has 0 radical (unpaired) electrons. The fourth-order valence-corrected chi connectivity index (χ4v) is 3.04. The Kier molecular flexibility index (Phi) is 4.50. The van der Waals surface area contributed by atoms with E-state index in [9.17, 15) is 14.7 Å². The van der Waals surface area contributed by atoms with Crippen LogP contribution in [0.25, 0.3) is 0 Å². The average Bonchev–Trinajstić information content (AvgIpc) is 2.64. The normalized spacial score (nSPS) is 10.2. The van der Waals surface area contributed by atoms with Gasteiger partial charge in [-0.1, -0.05) is 17.7 Å². The zero-order chi connectivity index (χ0) is 15.6. The maximum Gasteiger partial charge on any atom is 0.338 e. The van der Waals surface area contributed by atoms with Gasteiger partial charge in [-0.3, -0.25) is 5.32 Å². The molecule has 0 spiro atoms. The minimum Gasteiger partial charge on any atom is -0.478 e. The van der Waals surface area contributed by atoms with Gasteiger partial charge in [-0.05, 0) is 37.6 Å². The topological polar surface area (TPSA) is 78.4 Å². The monoisotopic (exact) mass is 324 g/mol. The van der Waals surface area contributed by atoms with Crippen molar-refractivity contribution in [1.29, 1.82) is 0 Å². The Balaban J connectivity index is 2.17. The Morgan fingerprint density at radius 2 is 1.95 bits per heavy atom. The number of hydrogen-bond donors (Lipinski definition) is 3. The summed E-state index contributed by atoms with van der Waals surface area (Å²) in [6, 6.07) is 6.18. The number of rotatable bonds is 3. The summed E-state index contributed by atoms with van der Waals surface area (Å²) in [5, 5.41) is 15.2. The van der Waals surface area contributed by atoms with E-state index in [0.717, 1.165) is 4.88 Å². The fourth-order valence-electron chi connectivity index (χ4n) is 1.80. The number of aryl methyl sites for hydroxylation is 1. The van der Waals surface area contributed by atoms with Crippen LogP contribution in [0.15, 0.2) is 24.3 Å². The SMILES string of the molecule is Cc1sc(NC(=O)Nc2cccc(Cl)c2)c(C(=O)O)c1C. The third-order valence-electron chi connectivity index (χ3n) is 2.91. The summed E-state index contributed by atoms with van der Waals surface area (Å²) in [7, 11) is 0. The number of anilines is 2. The summed E-state index contributed by atoms with van der Waals surface area (Å²) in [5.41, 5.74) is 1.31. The molecule has 0 aliphatic heterocycles. The predicted octanol–water partition coefficient (Wildman–Crippen LogP) is 4.36. The Morgan fingerprint density at radius 3 is 2.57 bits per heavy atom. The number of carboxylic acids is 1. The van der Waals surface area contributed by atoms with Gasteiger partial charge in [-0.2, -0.15) is 0 Å². The summed E-state index contributed by atoms with van der Waals surface area (Å²) in [5.74, 6) is -1.06. The molecule has 110 valence electrons. The second-order valence-electron chi connectivity index (χ2n) is 4.38. The van der Waals surface area contributed by atoms with Gasteiger partial charge in [0.1, 0.15) is 5.00 Å². The van der Waals surface area contributed by atoms with Crippen LogP contribution in [0, 0.1) is 13.8 Å². The maximum absolute atomic E-state index is 11.9. The molecule has 0 atom stereocenters. The predicted molar refractivity (Wildman–Crippen MR) is 84.8 cm³/mol. The van der Waals surface area contributed by atoms with Gasteiger partial charge in [-0.25, -0.2) is 9.59 Å². The van der Waals surface area contributed by atoms with Crippen LogP contribution in [0.1, 0.15) is 20.8 Å². The van der Waals surface area contributed by atoms with E-state index in [2.05, 4.69) is 10.6 Å². The molecule has 0 aliphatic carbocycles. The third kappa shape index (κ3) is 3.53. The molecule has 1 aromatic heterocycles. The molecule has 5 nitrogen and oxygen atoms in total. The Hall–Kier alpha value is -2.05. The molecule has 2 aromatic rings. The lowest BCUT2D eigenvalue weighted by Crippen LogP contribution is -2.20. The van der Waals surface area contributed by atoms with Crippen molar-refractivity contribution >= 4 is 45.6 Å². The van der Waals surface area contributed by atoms with Gasteiger partial charge in [0.2, 0.25) is 0 Å². The first-order valence-corrected chi connectivity index (χ1v) is 7.24. The highest BCUT2D eigenvalue weighted by atomic mass is 35.5. The van der Waals surface area contributed by atoms with E-state index in [-0.39, 0.29) is 5.56 Å². The van der Waals surface area contributed by atoms with E-state index in [1.54, 1.807) is 31.2 Å². The van der Waals surface area contributed by atoms with Crippen molar-refractivity contribution in [2.75, 3.05) is 10.6 Å². The number of nitrogens with one attached hydrogen (secondary N) is 2. The molecule has 1 heterocycles. The van der Waals surface area contributed by atoms with E-state index >= 15 is 0 Å². The van der Waals surface area contributed by atoms with Crippen LogP contribution in [0.3, 0.4) is 0 Å². The number of carboxylic acid groups (broad SMARTS) is 1. The van der Waals surface area contributed by atoms with Gasteiger partial charge in [0.15, 0.2) is 0 Å². The first-order valence-electron chi connectivity index (χ1n) is 6.05. The number of carbonyl (C=O) groups excluding carboxylic acids is 1. The van der Waals surface area contributed by atoms with Crippen LogP contribution >= 0.6 is 22.9 Å². The second-order valence-corrected chi connectivity index (χ2v) is 6.04. The number of thiophene rings is 1. The number of benzene rings is 1. The lowest BCUT2D eigenvalue weighted by molar-refractivity contribution is 0.0697. The Morgan fingerprint density at radius 1 is 1.24 bits per heavy atom. The number of amides is 2. The highest BCUT2D eigenvalue weighted by molar-refractivity contribution is 7.16. The van der Waals surface area contributed by atoms with Gasteiger partial charge >= 0.3 is 12.0 Å². The van der Waals surface area contributed by atoms with E-state index < -0.39 is 12.0 Å². The summed E-state index contributed by atoms with van der Waals surface area (Å²) in [6.07, 6.45) is 0. The van der Waals surface area contributed by atoms with Gasteiger partial charge in [0.05, 0.1) is 5.56 Å². The van der Waals surface area contributed by atoms with Crippen LogP contribution in [0.2, 0.25) is 5.02 Å². The number of hydrogen-bond acceptors (Lipinski definition) is 3. The smallest absolute Gasteiger partial charge is 0.338 e. The molecule has 21 heavy (non-hydrogen) atoms. The molecule has 1 aromatic carbocycles. The fraction of sp³-hybridized carbons (Fsp3) is 0.143. The quantitative estimate of drug-likeness (QED) is 0.784. The van der Waals surface area contributed by atoms with Crippen molar-refractivity contribution in [3.05, 3.63) is 45.3 Å². The molecule has 0 saturated carbocycles. The largest absolute Gasteiger partial charge is 0.478 e. The molecule has 2 amide bonds. The molecule has 0 saturated heterocycles. The number of carbonyl (C=O) groups is 2. The van der Waals surface area contributed by atoms with Gasteiger partial charge < -0.3 is 10.4 Å². The minimum absolute atomic E-state index is 0.124. The molecule has 0 unspecified atom stereocenters. The number of halogens is 1. The Labute approximate surface area is 130 Å². The molecule has 0 fully saturated rings. The summed E-state index contributed by atoms with van der Waals surface area (Å²) < 4.78 is 0. The molecule has 3 N–H and O–H groups in total. The first kappa shape index (κ1) is 15.3. The second kappa shape index (κ2) is 6.15. The van der Waals surface area contributed by atoms with Crippen LogP contribution in [-0.4, -0.2) is 17.1 Å². The van der Waals surface area contributed by atoms with Crippen molar-refractivity contribution < 1.29 is 14.7 Å². The number of aromatic carboxylic acids is 1. The summed E-state index contributed by atoms with van der Waals surface area (Å²) in [6.45, 7) is 3.53. The molecule has 7 heteroatoms. The number of urea groups is 1. The van der Waals surface area contributed by atoms with Crippen molar-refractivity contribution in [2.24, 2.45) is 0 Å². The highest BCUT2D eigenvalue weighted by Gasteiger charge is 2.20. The summed E-state index contributed by atoms with van der Waals surface area (Å²) >= 11 is 7.06. The zero-order valence-corrected chi connectivity index (χ0v) is 12.9. The molecular weight excluding hydrogens is 312 g/mol. The highest BCUT2D eigenvalue weighted by Crippen LogP contribution is 2.32. The first-order chi connectivity index (χ1) is 9.88. The van der Waals surface area contributed by atoms with Crippen molar-refractivity contribution in [3.8, 4) is 0 Å². The van der Waals surface area contributed by atoms with Crippen LogP contribution < -0.4 is 10.6 Å². The lowest BCUT2D eigenvalue weighted by Gasteiger charge is -2.07. The van der Waals surface area contributed by atoms with Gasteiger partial charge in [0.25, 0.3) is 0 Å². The Bertz CT molecular complexity index is 712. The molecular formula is C14H13ClN2O3S. The average molecular weight is 325 g/mol. The maximum atomic E-state index is 11.9. The summed E-state index contributed by atoms with van der Waals surface area (Å²) in [4.78, 5) is 24.0. The lowest BCUT2D eigenvalue weighted by atomic mass is 10.1. The standard InChI is InChI=1S/C14H13ClN2O3S/c1-7-8(2)21-12(11(7)13(18)19)17-14(20)16-10-5-3-4-9(15)6-10/h3-6H,1-2H3,(H,18,19)(H2,16,17,20). The van der Waals surface area contributed by atoms with Crippen molar-refractivity contribution in [3.63, 3.8) is 0 Å². The van der Waals surface area contributed by atoms with Crippen molar-refractivity contribution in [1.82, 2.24) is 0 Å². The van der Waals surface area contributed by atoms with Crippen molar-refractivity contribution in [2.45, 2.75) is 13.8 Å². The van der Waals surface area contributed by atoms with E-state index in [1.807, 2.05) is 6.92 Å². The molecule has 0 aliphatic rings. The van der Waals surface area contributed by atoms with Crippen LogP contribution in [-0.2, 0) is 0 Å². The van der Waals surface area contributed by atoms with Gasteiger partial charge in [-0.15, -0.1) is 11.3 Å². The van der Waals surface area contributed by atoms with Crippen LogP contribution in [0.4, 0.5) is 15.5 Å². The molecule has 0 bridgehead atoms. The van der Waals surface area contributed by atoms with E-state index in [4.69, 9.17) is 11.6 Å². The van der Waals surface area contributed by atoms with Gasteiger partial charge in [0, 0.05) is 15.6 Å². The van der Waals surface area contributed by atoms with E-state index in [1.165, 1.54) is 11.3 Å². The zero-order valence-electron chi connectivity index (χ0n) is 11.4. The van der Waals surface area contributed by atoms with Crippen LogP contribution in [0.5, 0.6) is 0 Å². The molecule has 2 rings (SSSR count). The minimum atomic E-state index is -1.06.